The van der Waals surface area contributed by atoms with Crippen molar-refractivity contribution in [1.82, 2.24) is 15.1 Å². The molecule has 0 spiro atoms. The van der Waals surface area contributed by atoms with E-state index in [0.717, 1.165) is 5.76 Å². The Morgan fingerprint density at radius 3 is 3.00 bits per heavy atom. The molecule has 2 heterocycles. The highest BCUT2D eigenvalue weighted by Gasteiger charge is 2.19. The first kappa shape index (κ1) is 15.2. The van der Waals surface area contributed by atoms with E-state index in [4.69, 9.17) is 4.42 Å². The topological polar surface area (TPSA) is 60.1 Å². The minimum Gasteiger partial charge on any atom is -0.467 e. The lowest BCUT2D eigenvalue weighted by Gasteiger charge is -2.16. The largest absolute Gasteiger partial charge is 0.467 e. The van der Waals surface area contributed by atoms with Gasteiger partial charge in [0.05, 0.1) is 12.0 Å². The zero-order valence-electron chi connectivity index (χ0n) is 12.5. The molecule has 1 N–H and O–H groups in total. The van der Waals surface area contributed by atoms with Crippen LogP contribution in [0.4, 0.5) is 0 Å². The van der Waals surface area contributed by atoms with Gasteiger partial charge in [0.1, 0.15) is 11.8 Å². The van der Waals surface area contributed by atoms with Crippen molar-refractivity contribution in [2.24, 2.45) is 0 Å². The summed E-state index contributed by atoms with van der Waals surface area (Å²) in [5, 5.41) is 7.93. The van der Waals surface area contributed by atoms with E-state index < -0.39 is 0 Å². The molecule has 118 valence electrons. The Labute approximate surface area is 134 Å². The molecule has 5 nitrogen and oxygen atoms in total. The molecule has 1 aliphatic carbocycles. The van der Waals surface area contributed by atoms with Crippen LogP contribution in [0.25, 0.3) is 0 Å². The fraction of sp³-hybridized carbons (Fsp3) is 0.500. The van der Waals surface area contributed by atoms with Gasteiger partial charge in [-0.2, -0.15) is 5.10 Å². The van der Waals surface area contributed by atoms with Gasteiger partial charge in [-0.05, 0) is 31.0 Å². The van der Waals surface area contributed by atoms with Gasteiger partial charge in [0.25, 0.3) is 0 Å². The van der Waals surface area contributed by atoms with E-state index >= 15 is 0 Å². The highest BCUT2D eigenvalue weighted by molar-refractivity contribution is 8.00. The monoisotopic (exact) mass is 319 g/mol. The van der Waals surface area contributed by atoms with Crippen LogP contribution in [0.5, 0.6) is 0 Å². The maximum Gasteiger partial charge on any atom is 0.230 e. The van der Waals surface area contributed by atoms with E-state index in [1.807, 2.05) is 29.1 Å². The van der Waals surface area contributed by atoms with Gasteiger partial charge >= 0.3 is 0 Å². The smallest absolute Gasteiger partial charge is 0.230 e. The molecular weight excluding hydrogens is 298 g/mol. The van der Waals surface area contributed by atoms with Crippen LogP contribution in [0.3, 0.4) is 0 Å². The number of hydrogen-bond donors (Lipinski definition) is 1. The summed E-state index contributed by atoms with van der Waals surface area (Å²) < 4.78 is 7.28. The molecule has 6 heteroatoms. The van der Waals surface area contributed by atoms with Crippen molar-refractivity contribution in [2.45, 2.75) is 37.0 Å². The summed E-state index contributed by atoms with van der Waals surface area (Å²) in [6.07, 6.45) is 10.4. The Kier molecular flexibility index (Phi) is 5.21. The number of hydrogen-bond acceptors (Lipinski definition) is 4. The summed E-state index contributed by atoms with van der Waals surface area (Å²) in [6.45, 7) is 0.485. The standard InChI is InChI=1S/C16H21N3O2S/c20-16(12-22-13-5-1-2-6-13)17-11-14(15-7-3-10-21-15)19-9-4-8-18-19/h3-4,7-10,13-14H,1-2,5-6,11-12H2,(H,17,20). The Morgan fingerprint density at radius 2 is 2.32 bits per heavy atom. The second kappa shape index (κ2) is 7.54. The fourth-order valence-corrected chi connectivity index (χ4v) is 3.94. The molecule has 0 aromatic carbocycles. The highest BCUT2D eigenvalue weighted by Crippen LogP contribution is 2.29. The molecule has 1 saturated carbocycles. The van der Waals surface area contributed by atoms with Crippen LogP contribution in [0.15, 0.2) is 41.3 Å². The van der Waals surface area contributed by atoms with Crippen LogP contribution in [0, 0.1) is 0 Å². The number of nitrogens with zero attached hydrogens (tertiary/aromatic N) is 2. The number of aromatic nitrogens is 2. The van der Waals surface area contributed by atoms with Crippen LogP contribution in [0.1, 0.15) is 37.5 Å². The summed E-state index contributed by atoms with van der Waals surface area (Å²) in [7, 11) is 0. The van der Waals surface area contributed by atoms with E-state index in [2.05, 4.69) is 10.4 Å². The van der Waals surface area contributed by atoms with E-state index in [1.165, 1.54) is 25.7 Å². The SMILES string of the molecule is O=C(CSC1CCCC1)NCC(c1ccco1)n1cccn1. The third-order valence-corrected chi connectivity index (χ3v) is 5.33. The van der Waals surface area contributed by atoms with Crippen LogP contribution in [-0.4, -0.2) is 33.2 Å². The maximum atomic E-state index is 12.1. The molecule has 1 amide bonds. The average Bonchev–Trinajstić information content (AvgIpc) is 3.27. The highest BCUT2D eigenvalue weighted by atomic mass is 32.2. The van der Waals surface area contributed by atoms with Crippen LogP contribution < -0.4 is 5.32 Å². The number of nitrogens with one attached hydrogen (secondary N) is 1. The first-order valence-electron chi connectivity index (χ1n) is 7.74. The third-order valence-electron chi connectivity index (χ3n) is 3.96. The van der Waals surface area contributed by atoms with E-state index in [9.17, 15) is 4.79 Å². The molecule has 1 fully saturated rings. The minimum absolute atomic E-state index is 0.0839. The summed E-state index contributed by atoms with van der Waals surface area (Å²) in [5.74, 6) is 1.42. The number of thioether (sulfide) groups is 1. The van der Waals surface area contributed by atoms with Crippen molar-refractivity contribution >= 4 is 17.7 Å². The zero-order chi connectivity index (χ0) is 15.2. The number of rotatable bonds is 7. The Balaban J connectivity index is 1.52. The Morgan fingerprint density at radius 1 is 1.45 bits per heavy atom. The Bertz CT molecular complexity index is 528. The third kappa shape index (κ3) is 3.94. The summed E-state index contributed by atoms with van der Waals surface area (Å²) in [4.78, 5) is 12.1. The summed E-state index contributed by atoms with van der Waals surface area (Å²) in [5.41, 5.74) is 0. The lowest BCUT2D eigenvalue weighted by Crippen LogP contribution is -2.32. The van der Waals surface area contributed by atoms with Crippen molar-refractivity contribution in [3.05, 3.63) is 42.6 Å². The van der Waals surface area contributed by atoms with Gasteiger partial charge < -0.3 is 9.73 Å². The van der Waals surface area contributed by atoms with Gasteiger partial charge in [-0.3, -0.25) is 9.48 Å². The molecule has 0 saturated heterocycles. The molecule has 0 radical (unpaired) electrons. The lowest BCUT2D eigenvalue weighted by atomic mass is 10.2. The van der Waals surface area contributed by atoms with Crippen molar-refractivity contribution in [1.29, 1.82) is 0 Å². The molecular formula is C16H21N3O2S. The minimum atomic E-state index is -0.106. The van der Waals surface area contributed by atoms with Gasteiger partial charge in [-0.25, -0.2) is 0 Å². The van der Waals surface area contributed by atoms with Crippen molar-refractivity contribution in [3.8, 4) is 0 Å². The molecule has 2 aromatic rings. The predicted molar refractivity (Wildman–Crippen MR) is 86.8 cm³/mol. The summed E-state index contributed by atoms with van der Waals surface area (Å²) >= 11 is 1.78. The number of furan rings is 1. The molecule has 1 atom stereocenters. The van der Waals surface area contributed by atoms with E-state index in [0.29, 0.717) is 17.5 Å². The van der Waals surface area contributed by atoms with Crippen LogP contribution in [0.2, 0.25) is 0 Å². The second-order valence-electron chi connectivity index (χ2n) is 5.54. The molecule has 0 bridgehead atoms. The van der Waals surface area contributed by atoms with Gasteiger partial charge in [0.15, 0.2) is 0 Å². The predicted octanol–water partition coefficient (Wildman–Crippen LogP) is 2.86. The van der Waals surface area contributed by atoms with E-state index in [-0.39, 0.29) is 11.9 Å². The molecule has 3 rings (SSSR count). The quantitative estimate of drug-likeness (QED) is 0.852. The number of amides is 1. The second-order valence-corrected chi connectivity index (χ2v) is 6.83. The molecule has 1 unspecified atom stereocenters. The van der Waals surface area contributed by atoms with Gasteiger partial charge in [0.2, 0.25) is 5.91 Å². The molecule has 22 heavy (non-hydrogen) atoms. The molecule has 2 aromatic heterocycles. The first-order valence-corrected chi connectivity index (χ1v) is 8.78. The average molecular weight is 319 g/mol. The van der Waals surface area contributed by atoms with Crippen molar-refractivity contribution in [2.75, 3.05) is 12.3 Å². The molecule has 0 aliphatic heterocycles. The van der Waals surface area contributed by atoms with Crippen molar-refractivity contribution < 1.29 is 9.21 Å². The zero-order valence-corrected chi connectivity index (χ0v) is 13.3. The van der Waals surface area contributed by atoms with Gasteiger partial charge in [-0.1, -0.05) is 12.8 Å². The van der Waals surface area contributed by atoms with Crippen molar-refractivity contribution in [3.63, 3.8) is 0 Å². The molecule has 1 aliphatic rings. The first-order chi connectivity index (χ1) is 10.8. The lowest BCUT2D eigenvalue weighted by molar-refractivity contribution is -0.118. The van der Waals surface area contributed by atoms with Crippen LogP contribution >= 0.6 is 11.8 Å². The van der Waals surface area contributed by atoms with Gasteiger partial charge in [-0.15, -0.1) is 11.8 Å². The maximum absolute atomic E-state index is 12.1. The summed E-state index contributed by atoms with van der Waals surface area (Å²) in [6, 6.07) is 5.52. The normalized spacial score (nSPS) is 16.7. The van der Waals surface area contributed by atoms with Crippen LogP contribution in [-0.2, 0) is 4.79 Å². The Hall–Kier alpha value is -1.69. The van der Waals surface area contributed by atoms with Gasteiger partial charge in [0, 0.05) is 24.2 Å². The van der Waals surface area contributed by atoms with E-state index in [1.54, 1.807) is 24.2 Å². The fourth-order valence-electron chi connectivity index (χ4n) is 2.78. The number of carbonyl (C=O) groups is 1. The number of carbonyl (C=O) groups excluding carboxylic acids is 1.